The summed E-state index contributed by atoms with van der Waals surface area (Å²) in [7, 11) is 0. The molecule has 4 nitrogen and oxygen atoms in total. The fraction of sp³-hybridized carbons (Fsp3) is 0. The van der Waals surface area contributed by atoms with Crippen LogP contribution in [0.1, 0.15) is 0 Å². The Morgan fingerprint density at radius 3 is 2.21 bits per heavy atom. The Balaban J connectivity index is 2.21. The van der Waals surface area contributed by atoms with Crippen LogP contribution in [-0.4, -0.2) is 11.6 Å². The molecule has 0 heterocycles. The number of aromatic hydroxyl groups is 1. The van der Waals surface area contributed by atoms with Crippen LogP contribution < -0.4 is 9.47 Å². The smallest absolute Gasteiger partial charge is 0.298 e. The second-order valence-electron chi connectivity index (χ2n) is 3.52. The van der Waals surface area contributed by atoms with Crippen LogP contribution in [0.4, 0.5) is 0 Å². The highest BCUT2D eigenvalue weighted by atomic mass is 35.5. The molecular weight excluding hydrogens is 291 g/mol. The van der Waals surface area contributed by atoms with Crippen molar-refractivity contribution in [1.82, 2.24) is 0 Å². The van der Waals surface area contributed by atoms with Gasteiger partial charge in [0.25, 0.3) is 6.47 Å². The molecule has 19 heavy (non-hydrogen) atoms. The summed E-state index contributed by atoms with van der Waals surface area (Å²) < 4.78 is 10.2. The molecule has 0 aliphatic rings. The van der Waals surface area contributed by atoms with Gasteiger partial charge in [0.15, 0.2) is 0 Å². The molecule has 1 N–H and O–H groups in total. The molecule has 2 aromatic rings. The second kappa shape index (κ2) is 5.82. The molecule has 2 rings (SSSR count). The van der Waals surface area contributed by atoms with Crippen molar-refractivity contribution in [2.45, 2.75) is 0 Å². The SMILES string of the molecule is O=COc1ccc(Oc2ccc(O)c(Cl)c2)cc1Cl. The van der Waals surface area contributed by atoms with E-state index in [9.17, 15) is 9.90 Å². The average Bonchev–Trinajstić information content (AvgIpc) is 2.37. The topological polar surface area (TPSA) is 55.8 Å². The van der Waals surface area contributed by atoms with Crippen LogP contribution in [0.15, 0.2) is 36.4 Å². The number of benzene rings is 2. The van der Waals surface area contributed by atoms with Gasteiger partial charge in [-0.15, -0.1) is 0 Å². The predicted molar refractivity (Wildman–Crippen MR) is 71.3 cm³/mol. The highest BCUT2D eigenvalue weighted by Crippen LogP contribution is 2.33. The first-order valence-electron chi connectivity index (χ1n) is 5.16. The third-order valence-corrected chi connectivity index (χ3v) is 2.83. The Labute approximate surface area is 119 Å². The third-order valence-electron chi connectivity index (χ3n) is 2.23. The van der Waals surface area contributed by atoms with E-state index in [0.717, 1.165) is 0 Å². The van der Waals surface area contributed by atoms with E-state index in [4.69, 9.17) is 27.9 Å². The van der Waals surface area contributed by atoms with Crippen LogP contribution in [0.5, 0.6) is 23.0 Å². The minimum Gasteiger partial charge on any atom is -0.506 e. The van der Waals surface area contributed by atoms with E-state index < -0.39 is 0 Å². The van der Waals surface area contributed by atoms with E-state index in [2.05, 4.69) is 4.74 Å². The molecule has 0 bridgehead atoms. The van der Waals surface area contributed by atoms with Gasteiger partial charge < -0.3 is 14.6 Å². The molecule has 0 atom stereocenters. The van der Waals surface area contributed by atoms with Crippen molar-refractivity contribution < 1.29 is 19.4 Å². The van der Waals surface area contributed by atoms with Crippen molar-refractivity contribution in [1.29, 1.82) is 0 Å². The van der Waals surface area contributed by atoms with E-state index in [1.165, 1.54) is 24.3 Å². The van der Waals surface area contributed by atoms with E-state index in [1.54, 1.807) is 12.1 Å². The van der Waals surface area contributed by atoms with Gasteiger partial charge in [-0.05, 0) is 24.3 Å². The van der Waals surface area contributed by atoms with E-state index >= 15 is 0 Å². The van der Waals surface area contributed by atoms with E-state index in [0.29, 0.717) is 18.0 Å². The molecular formula is C13H8Cl2O4. The highest BCUT2D eigenvalue weighted by Gasteiger charge is 2.06. The number of phenolic OH excluding ortho intramolecular Hbond substituents is 1. The summed E-state index contributed by atoms with van der Waals surface area (Å²) in [5.41, 5.74) is 0. The minimum atomic E-state index is -0.0261. The maximum Gasteiger partial charge on any atom is 0.298 e. The molecule has 98 valence electrons. The van der Waals surface area contributed by atoms with E-state index in [1.807, 2.05) is 0 Å². The first kappa shape index (κ1) is 13.5. The number of hydrogen-bond acceptors (Lipinski definition) is 4. The first-order chi connectivity index (χ1) is 9.10. The molecule has 0 fully saturated rings. The van der Waals surface area contributed by atoms with Crippen molar-refractivity contribution in [2.24, 2.45) is 0 Å². The van der Waals surface area contributed by atoms with Crippen molar-refractivity contribution in [3.8, 4) is 23.0 Å². The lowest BCUT2D eigenvalue weighted by molar-refractivity contribution is -0.120. The van der Waals surface area contributed by atoms with Crippen molar-refractivity contribution in [2.75, 3.05) is 0 Å². The second-order valence-corrected chi connectivity index (χ2v) is 4.34. The van der Waals surface area contributed by atoms with Crippen LogP contribution in [0.25, 0.3) is 0 Å². The molecule has 0 aliphatic heterocycles. The quantitative estimate of drug-likeness (QED) is 0.866. The number of carbonyl (C=O) groups excluding carboxylic acids is 1. The van der Waals surface area contributed by atoms with Crippen LogP contribution in [0.2, 0.25) is 10.0 Å². The summed E-state index contributed by atoms with van der Waals surface area (Å²) in [6.45, 7) is 0.293. The monoisotopic (exact) mass is 298 g/mol. The highest BCUT2D eigenvalue weighted by molar-refractivity contribution is 6.32. The summed E-state index contributed by atoms with van der Waals surface area (Å²) in [5, 5.41) is 9.72. The zero-order valence-electron chi connectivity index (χ0n) is 9.47. The van der Waals surface area contributed by atoms with Crippen molar-refractivity contribution in [3.05, 3.63) is 46.4 Å². The van der Waals surface area contributed by atoms with Gasteiger partial charge in [0.1, 0.15) is 23.0 Å². The Hall–Kier alpha value is -1.91. The van der Waals surface area contributed by atoms with Gasteiger partial charge in [0, 0.05) is 12.1 Å². The van der Waals surface area contributed by atoms with Crippen LogP contribution in [0.3, 0.4) is 0 Å². The molecule has 0 saturated carbocycles. The standard InChI is InChI=1S/C13H8Cl2O4/c14-10-5-8(1-3-12(10)17)19-9-2-4-13(18-7-16)11(15)6-9/h1-7,17H. The lowest BCUT2D eigenvalue weighted by Gasteiger charge is -2.08. The summed E-state index contributed by atoms with van der Waals surface area (Å²) in [5.74, 6) is 1.11. The molecule has 0 aromatic heterocycles. The Morgan fingerprint density at radius 1 is 1.00 bits per heavy atom. The molecule has 0 spiro atoms. The van der Waals surface area contributed by atoms with Gasteiger partial charge >= 0.3 is 0 Å². The summed E-state index contributed by atoms with van der Waals surface area (Å²) >= 11 is 11.7. The van der Waals surface area contributed by atoms with Gasteiger partial charge in [-0.3, -0.25) is 4.79 Å². The molecule has 0 saturated heterocycles. The molecule has 0 radical (unpaired) electrons. The van der Waals surface area contributed by atoms with E-state index in [-0.39, 0.29) is 21.5 Å². The number of hydrogen-bond donors (Lipinski definition) is 1. The zero-order valence-corrected chi connectivity index (χ0v) is 11.0. The lowest BCUT2D eigenvalue weighted by atomic mass is 10.3. The van der Waals surface area contributed by atoms with Crippen LogP contribution in [-0.2, 0) is 4.79 Å². The molecule has 2 aromatic carbocycles. The average molecular weight is 299 g/mol. The van der Waals surface area contributed by atoms with Gasteiger partial charge in [0.05, 0.1) is 10.0 Å². The van der Waals surface area contributed by atoms with Gasteiger partial charge in [0.2, 0.25) is 0 Å². The zero-order chi connectivity index (χ0) is 13.8. The summed E-state index contributed by atoms with van der Waals surface area (Å²) in [4.78, 5) is 10.2. The van der Waals surface area contributed by atoms with Gasteiger partial charge in [-0.25, -0.2) is 0 Å². The molecule has 0 amide bonds. The predicted octanol–water partition coefficient (Wildman–Crippen LogP) is 4.03. The fourth-order valence-electron chi connectivity index (χ4n) is 1.38. The number of ether oxygens (including phenoxy) is 2. The summed E-state index contributed by atoms with van der Waals surface area (Å²) in [6, 6.07) is 9.05. The summed E-state index contributed by atoms with van der Waals surface area (Å²) in [6.07, 6.45) is 0. The molecule has 0 unspecified atom stereocenters. The van der Waals surface area contributed by atoms with Gasteiger partial charge in [-0.1, -0.05) is 23.2 Å². The number of halogens is 2. The maximum atomic E-state index is 10.2. The normalized spacial score (nSPS) is 10.0. The Kier molecular flexibility index (Phi) is 4.14. The van der Waals surface area contributed by atoms with Crippen molar-refractivity contribution in [3.63, 3.8) is 0 Å². The third kappa shape index (κ3) is 3.30. The Morgan fingerprint density at radius 2 is 1.63 bits per heavy atom. The largest absolute Gasteiger partial charge is 0.506 e. The van der Waals surface area contributed by atoms with Crippen LogP contribution in [0, 0.1) is 0 Å². The number of rotatable bonds is 4. The maximum absolute atomic E-state index is 10.2. The number of carbonyl (C=O) groups is 1. The van der Waals surface area contributed by atoms with Crippen LogP contribution >= 0.6 is 23.2 Å². The lowest BCUT2D eigenvalue weighted by Crippen LogP contribution is -1.90. The molecule has 6 heteroatoms. The fourth-order valence-corrected chi connectivity index (χ4v) is 1.77. The van der Waals surface area contributed by atoms with Crippen molar-refractivity contribution >= 4 is 29.7 Å². The first-order valence-corrected chi connectivity index (χ1v) is 5.92. The van der Waals surface area contributed by atoms with Gasteiger partial charge in [-0.2, -0.15) is 0 Å². The minimum absolute atomic E-state index is 0.0261. The Bertz CT molecular complexity index is 614. The number of phenols is 1. The molecule has 0 aliphatic carbocycles.